The van der Waals surface area contributed by atoms with E-state index in [1.807, 2.05) is 43.3 Å². The minimum absolute atomic E-state index is 0.0424. The smallest absolute Gasteiger partial charge is 0.282 e. The van der Waals surface area contributed by atoms with E-state index in [9.17, 15) is 13.0 Å². The highest BCUT2D eigenvalue weighted by Crippen LogP contribution is 2.38. The van der Waals surface area contributed by atoms with Crippen LogP contribution in [-0.4, -0.2) is 13.0 Å². The maximum absolute atomic E-state index is 11.9. The predicted octanol–water partition coefficient (Wildman–Crippen LogP) is 4.39. The van der Waals surface area contributed by atoms with Gasteiger partial charge in [-0.15, -0.1) is 0 Å². The molecule has 0 aliphatic rings. The first-order valence-corrected chi connectivity index (χ1v) is 8.61. The van der Waals surface area contributed by atoms with Gasteiger partial charge in [-0.25, -0.2) is 0 Å². The summed E-state index contributed by atoms with van der Waals surface area (Å²) in [6.45, 7) is 1.89. The van der Waals surface area contributed by atoms with Crippen LogP contribution in [0.4, 0.5) is 0 Å². The standard InChI is InChI=1S/C18H14O3S/c1-2-11-10-14-7-6-12-4-3-5-13-8-9-15(17(14)16(12)13)18(11)22(19,20)21/h3-10H,2H2,1H3,(H,19,20,21). The van der Waals surface area contributed by atoms with Gasteiger partial charge >= 0.3 is 0 Å². The lowest BCUT2D eigenvalue weighted by Crippen LogP contribution is -2.04. The van der Waals surface area contributed by atoms with Crippen LogP contribution >= 0.6 is 0 Å². The van der Waals surface area contributed by atoms with Crippen molar-refractivity contribution >= 4 is 42.4 Å². The van der Waals surface area contributed by atoms with Crippen molar-refractivity contribution in [2.24, 2.45) is 0 Å². The predicted molar refractivity (Wildman–Crippen MR) is 89.3 cm³/mol. The first-order valence-electron chi connectivity index (χ1n) is 7.17. The third kappa shape index (κ3) is 1.74. The molecule has 0 radical (unpaired) electrons. The molecule has 0 amide bonds. The molecule has 0 aliphatic heterocycles. The fourth-order valence-electron chi connectivity index (χ4n) is 3.41. The highest BCUT2D eigenvalue weighted by molar-refractivity contribution is 7.86. The second-order valence-corrected chi connectivity index (χ2v) is 6.91. The van der Waals surface area contributed by atoms with E-state index in [1.165, 1.54) is 0 Å². The number of hydrogen-bond acceptors (Lipinski definition) is 2. The summed E-state index contributed by atoms with van der Waals surface area (Å²) < 4.78 is 33.5. The molecular formula is C18H14O3S. The summed E-state index contributed by atoms with van der Waals surface area (Å²) in [4.78, 5) is 0.0424. The van der Waals surface area contributed by atoms with Gasteiger partial charge in [0.2, 0.25) is 0 Å². The molecule has 4 heteroatoms. The van der Waals surface area contributed by atoms with Crippen molar-refractivity contribution < 1.29 is 13.0 Å². The zero-order chi connectivity index (χ0) is 15.5. The molecular weight excluding hydrogens is 296 g/mol. The van der Waals surface area contributed by atoms with E-state index in [0.29, 0.717) is 17.4 Å². The number of benzene rings is 4. The summed E-state index contributed by atoms with van der Waals surface area (Å²) in [6, 6.07) is 15.7. The van der Waals surface area contributed by atoms with Crippen molar-refractivity contribution in [1.82, 2.24) is 0 Å². The lowest BCUT2D eigenvalue weighted by atomic mass is 9.92. The van der Waals surface area contributed by atoms with Crippen molar-refractivity contribution in [3.8, 4) is 0 Å². The van der Waals surface area contributed by atoms with Crippen LogP contribution in [0.3, 0.4) is 0 Å². The molecule has 0 atom stereocenters. The molecule has 0 unspecified atom stereocenters. The topological polar surface area (TPSA) is 54.4 Å². The molecule has 0 saturated carbocycles. The second-order valence-electron chi connectivity index (χ2n) is 5.55. The Morgan fingerprint density at radius 3 is 2.18 bits per heavy atom. The van der Waals surface area contributed by atoms with E-state index in [1.54, 1.807) is 6.07 Å². The number of aryl methyl sites for hydroxylation is 1. The average Bonchev–Trinajstić information content (AvgIpc) is 2.50. The molecule has 110 valence electrons. The van der Waals surface area contributed by atoms with E-state index in [-0.39, 0.29) is 4.90 Å². The van der Waals surface area contributed by atoms with E-state index in [4.69, 9.17) is 0 Å². The Bertz CT molecular complexity index is 1110. The van der Waals surface area contributed by atoms with Crippen LogP contribution in [0.5, 0.6) is 0 Å². The Morgan fingerprint density at radius 2 is 1.55 bits per heavy atom. The highest BCUT2D eigenvalue weighted by atomic mass is 32.2. The summed E-state index contributed by atoms with van der Waals surface area (Å²) in [7, 11) is -4.27. The van der Waals surface area contributed by atoms with Gasteiger partial charge in [-0.05, 0) is 45.0 Å². The first kappa shape index (κ1) is 13.5. The molecule has 3 nitrogen and oxygen atoms in total. The molecule has 1 N–H and O–H groups in total. The van der Waals surface area contributed by atoms with Gasteiger partial charge in [-0.1, -0.05) is 49.4 Å². The van der Waals surface area contributed by atoms with Crippen molar-refractivity contribution in [3.05, 3.63) is 54.1 Å². The molecule has 0 spiro atoms. The normalized spacial score (nSPS) is 12.6. The van der Waals surface area contributed by atoms with Crippen molar-refractivity contribution in [2.75, 3.05) is 0 Å². The molecule has 4 aromatic carbocycles. The molecule has 22 heavy (non-hydrogen) atoms. The number of rotatable bonds is 2. The summed E-state index contributed by atoms with van der Waals surface area (Å²) in [5.74, 6) is 0. The summed E-state index contributed by atoms with van der Waals surface area (Å²) in [5.41, 5.74) is 0.647. The van der Waals surface area contributed by atoms with Gasteiger partial charge in [0, 0.05) is 5.39 Å². The van der Waals surface area contributed by atoms with Gasteiger partial charge < -0.3 is 0 Å². The van der Waals surface area contributed by atoms with Crippen LogP contribution in [0.25, 0.3) is 32.3 Å². The monoisotopic (exact) mass is 310 g/mol. The maximum atomic E-state index is 11.9. The molecule has 0 bridgehead atoms. The van der Waals surface area contributed by atoms with Crippen molar-refractivity contribution in [1.29, 1.82) is 0 Å². The molecule has 0 aliphatic carbocycles. The summed E-state index contributed by atoms with van der Waals surface area (Å²) >= 11 is 0. The van der Waals surface area contributed by atoms with Crippen LogP contribution in [0.1, 0.15) is 12.5 Å². The van der Waals surface area contributed by atoms with Crippen LogP contribution in [-0.2, 0) is 16.5 Å². The quantitative estimate of drug-likeness (QED) is 0.441. The lowest BCUT2D eigenvalue weighted by Gasteiger charge is -2.15. The van der Waals surface area contributed by atoms with Crippen LogP contribution < -0.4 is 0 Å². The van der Waals surface area contributed by atoms with E-state index < -0.39 is 10.1 Å². The van der Waals surface area contributed by atoms with Crippen molar-refractivity contribution in [3.63, 3.8) is 0 Å². The average molecular weight is 310 g/mol. The van der Waals surface area contributed by atoms with Crippen molar-refractivity contribution in [2.45, 2.75) is 18.2 Å². The Labute approximate surface area is 128 Å². The molecule has 0 saturated heterocycles. The molecule has 0 fully saturated rings. The van der Waals surface area contributed by atoms with E-state index in [2.05, 4.69) is 6.07 Å². The Kier molecular flexibility index (Phi) is 2.71. The van der Waals surface area contributed by atoms with Crippen LogP contribution in [0.15, 0.2) is 53.4 Å². The fourth-order valence-corrected chi connectivity index (χ4v) is 4.39. The molecule has 4 rings (SSSR count). The van der Waals surface area contributed by atoms with Gasteiger partial charge in [0.1, 0.15) is 4.90 Å². The maximum Gasteiger partial charge on any atom is 0.295 e. The largest absolute Gasteiger partial charge is 0.295 e. The third-order valence-corrected chi connectivity index (χ3v) is 5.31. The fraction of sp³-hybridized carbons (Fsp3) is 0.111. The summed E-state index contributed by atoms with van der Waals surface area (Å²) in [6.07, 6.45) is 0.547. The second kappa shape index (κ2) is 4.41. The minimum atomic E-state index is -4.27. The zero-order valence-corrected chi connectivity index (χ0v) is 12.8. The highest BCUT2D eigenvalue weighted by Gasteiger charge is 2.21. The zero-order valence-electron chi connectivity index (χ0n) is 12.0. The van der Waals surface area contributed by atoms with Gasteiger partial charge in [-0.2, -0.15) is 8.42 Å². The van der Waals surface area contributed by atoms with Gasteiger partial charge in [0.25, 0.3) is 10.1 Å². The molecule has 0 heterocycles. The minimum Gasteiger partial charge on any atom is -0.282 e. The van der Waals surface area contributed by atoms with Gasteiger partial charge in [0.15, 0.2) is 0 Å². The third-order valence-electron chi connectivity index (χ3n) is 4.31. The lowest BCUT2D eigenvalue weighted by molar-refractivity contribution is 0.483. The SMILES string of the molecule is CCc1cc2ccc3cccc4ccc(c1S(=O)(=O)O)c2c34. The number of hydrogen-bond donors (Lipinski definition) is 1. The molecule has 0 aromatic heterocycles. The Morgan fingerprint density at radius 1 is 0.909 bits per heavy atom. The summed E-state index contributed by atoms with van der Waals surface area (Å²) in [5, 5.41) is 5.69. The van der Waals surface area contributed by atoms with Gasteiger partial charge in [-0.3, -0.25) is 4.55 Å². The van der Waals surface area contributed by atoms with Gasteiger partial charge in [0.05, 0.1) is 0 Å². The van der Waals surface area contributed by atoms with E-state index in [0.717, 1.165) is 26.9 Å². The Hall–Kier alpha value is -2.17. The Balaban J connectivity index is 2.38. The molecule has 4 aromatic rings. The van der Waals surface area contributed by atoms with Crippen LogP contribution in [0.2, 0.25) is 0 Å². The van der Waals surface area contributed by atoms with Crippen LogP contribution in [0, 0.1) is 0 Å². The first-order chi connectivity index (χ1) is 10.5. The van der Waals surface area contributed by atoms with E-state index >= 15 is 0 Å².